The zero-order valence-electron chi connectivity index (χ0n) is 11.9. The summed E-state index contributed by atoms with van der Waals surface area (Å²) < 4.78 is 5.12. The molecule has 2 N–H and O–H groups in total. The molecule has 2 atom stereocenters. The van der Waals surface area contributed by atoms with Gasteiger partial charge in [0.1, 0.15) is 6.61 Å². The van der Waals surface area contributed by atoms with Gasteiger partial charge in [0.05, 0.1) is 12.1 Å². The fraction of sp³-hybridized carbons (Fsp3) is 0.235. The number of hydrogen-bond donors (Lipinski definition) is 2. The number of carbonyl (C=O) groups is 1. The van der Waals surface area contributed by atoms with Crippen molar-refractivity contribution in [2.24, 2.45) is 0 Å². The van der Waals surface area contributed by atoms with E-state index in [2.05, 4.69) is 5.32 Å². The zero-order valence-corrected chi connectivity index (χ0v) is 11.9. The van der Waals surface area contributed by atoms with Crippen LogP contribution < -0.4 is 5.32 Å². The lowest BCUT2D eigenvalue weighted by Crippen LogP contribution is -2.37. The number of hydrogen-bond acceptors (Lipinski definition) is 3. The van der Waals surface area contributed by atoms with Crippen molar-refractivity contribution in [1.82, 2.24) is 5.32 Å². The molecular formula is C17H19NO3. The monoisotopic (exact) mass is 285 g/mol. The smallest absolute Gasteiger partial charge is 0.407 e. The highest BCUT2D eigenvalue weighted by Crippen LogP contribution is 2.16. The summed E-state index contributed by atoms with van der Waals surface area (Å²) in [5.74, 6) is 0. The summed E-state index contributed by atoms with van der Waals surface area (Å²) in [7, 11) is 0. The third-order valence-corrected chi connectivity index (χ3v) is 3.17. The van der Waals surface area contributed by atoms with Gasteiger partial charge in [-0.15, -0.1) is 0 Å². The van der Waals surface area contributed by atoms with Crippen molar-refractivity contribution in [1.29, 1.82) is 0 Å². The molecule has 0 unspecified atom stereocenters. The van der Waals surface area contributed by atoms with Crippen LogP contribution >= 0.6 is 0 Å². The molecule has 0 aliphatic carbocycles. The zero-order chi connectivity index (χ0) is 15.1. The molecule has 0 saturated heterocycles. The van der Waals surface area contributed by atoms with E-state index in [-0.39, 0.29) is 6.61 Å². The Kier molecular flexibility index (Phi) is 5.35. The van der Waals surface area contributed by atoms with Crippen molar-refractivity contribution in [2.45, 2.75) is 25.7 Å². The van der Waals surface area contributed by atoms with Crippen LogP contribution in [-0.2, 0) is 11.3 Å². The number of carbonyl (C=O) groups excluding carboxylic acids is 1. The lowest BCUT2D eigenvalue weighted by molar-refractivity contribution is 0.106. The van der Waals surface area contributed by atoms with Crippen LogP contribution in [0.25, 0.3) is 0 Å². The maximum Gasteiger partial charge on any atom is 0.407 e. The van der Waals surface area contributed by atoms with Crippen molar-refractivity contribution < 1.29 is 14.6 Å². The molecule has 0 aromatic heterocycles. The molecule has 4 heteroatoms. The summed E-state index contributed by atoms with van der Waals surface area (Å²) in [4.78, 5) is 11.7. The van der Waals surface area contributed by atoms with E-state index in [1.807, 2.05) is 60.7 Å². The molecule has 0 aliphatic heterocycles. The summed E-state index contributed by atoms with van der Waals surface area (Å²) in [6.45, 7) is 1.95. The Morgan fingerprint density at radius 3 is 2.29 bits per heavy atom. The number of aliphatic hydroxyl groups is 1. The van der Waals surface area contributed by atoms with Gasteiger partial charge in [-0.1, -0.05) is 60.7 Å². The van der Waals surface area contributed by atoms with Crippen LogP contribution in [0.2, 0.25) is 0 Å². The third-order valence-electron chi connectivity index (χ3n) is 3.17. The Morgan fingerprint density at radius 1 is 1.10 bits per heavy atom. The Labute approximate surface area is 124 Å². The summed E-state index contributed by atoms with van der Waals surface area (Å²) in [5, 5.41) is 12.8. The molecule has 0 bridgehead atoms. The van der Waals surface area contributed by atoms with E-state index in [0.717, 1.165) is 11.1 Å². The predicted octanol–water partition coefficient (Wildman–Crippen LogP) is 3.03. The van der Waals surface area contributed by atoms with Crippen LogP contribution in [0.15, 0.2) is 60.7 Å². The fourth-order valence-electron chi connectivity index (χ4n) is 1.97. The van der Waals surface area contributed by atoms with E-state index >= 15 is 0 Å². The van der Waals surface area contributed by atoms with E-state index in [4.69, 9.17) is 4.74 Å². The van der Waals surface area contributed by atoms with Crippen molar-refractivity contribution in [3.8, 4) is 0 Å². The molecule has 0 fully saturated rings. The summed E-state index contributed by atoms with van der Waals surface area (Å²) in [6.07, 6.45) is -1.31. The number of aliphatic hydroxyl groups excluding tert-OH is 1. The van der Waals surface area contributed by atoms with E-state index in [9.17, 15) is 9.90 Å². The van der Waals surface area contributed by atoms with E-state index in [0.29, 0.717) is 0 Å². The Hall–Kier alpha value is -2.33. The minimum Gasteiger partial charge on any atom is -0.445 e. The average Bonchev–Trinajstić information content (AvgIpc) is 2.54. The van der Waals surface area contributed by atoms with Gasteiger partial charge < -0.3 is 15.2 Å². The second kappa shape index (κ2) is 7.45. The predicted molar refractivity (Wildman–Crippen MR) is 80.6 cm³/mol. The van der Waals surface area contributed by atoms with Gasteiger partial charge in [0.15, 0.2) is 0 Å². The molecule has 1 amide bonds. The van der Waals surface area contributed by atoms with Crippen LogP contribution in [0, 0.1) is 0 Å². The van der Waals surface area contributed by atoms with E-state index in [1.54, 1.807) is 6.92 Å². The molecule has 0 spiro atoms. The first-order chi connectivity index (χ1) is 10.2. The van der Waals surface area contributed by atoms with Crippen LogP contribution in [0.5, 0.6) is 0 Å². The van der Waals surface area contributed by atoms with Crippen molar-refractivity contribution >= 4 is 6.09 Å². The number of benzene rings is 2. The molecule has 2 aromatic rings. The van der Waals surface area contributed by atoms with Crippen LogP contribution in [0.3, 0.4) is 0 Å². The molecule has 110 valence electrons. The fourth-order valence-corrected chi connectivity index (χ4v) is 1.97. The van der Waals surface area contributed by atoms with Crippen LogP contribution in [0.4, 0.5) is 4.79 Å². The molecule has 21 heavy (non-hydrogen) atoms. The standard InChI is InChI=1S/C17H19NO3/c1-13(16(19)15-10-6-3-7-11-15)18-17(20)21-12-14-8-4-2-5-9-14/h2-11,13,16,19H,12H2,1H3,(H,18,20)/t13-,16-/m1/s1. The lowest BCUT2D eigenvalue weighted by Gasteiger charge is -2.20. The van der Waals surface area contributed by atoms with Crippen LogP contribution in [0.1, 0.15) is 24.2 Å². The van der Waals surface area contributed by atoms with Crippen molar-refractivity contribution in [3.63, 3.8) is 0 Å². The maximum atomic E-state index is 11.7. The topological polar surface area (TPSA) is 58.6 Å². The summed E-state index contributed by atoms with van der Waals surface area (Å²) in [5.41, 5.74) is 1.68. The minimum absolute atomic E-state index is 0.209. The first-order valence-electron chi connectivity index (χ1n) is 6.87. The molecule has 4 nitrogen and oxygen atoms in total. The molecule has 0 radical (unpaired) electrons. The Bertz CT molecular complexity index is 557. The third kappa shape index (κ3) is 4.61. The molecule has 0 saturated carbocycles. The van der Waals surface area contributed by atoms with Gasteiger partial charge in [-0.2, -0.15) is 0 Å². The van der Waals surface area contributed by atoms with Gasteiger partial charge in [-0.3, -0.25) is 0 Å². The SMILES string of the molecule is C[C@@H](NC(=O)OCc1ccccc1)[C@@H](O)c1ccccc1. The maximum absolute atomic E-state index is 11.7. The van der Waals surface area contributed by atoms with Crippen molar-refractivity contribution in [3.05, 3.63) is 71.8 Å². The highest BCUT2D eigenvalue weighted by molar-refractivity contribution is 5.67. The number of nitrogens with one attached hydrogen (secondary N) is 1. The normalized spacial score (nSPS) is 13.2. The molecule has 2 rings (SSSR count). The Balaban J connectivity index is 1.82. The largest absolute Gasteiger partial charge is 0.445 e. The van der Waals surface area contributed by atoms with Gasteiger partial charge in [-0.25, -0.2) is 4.79 Å². The van der Waals surface area contributed by atoms with Gasteiger partial charge in [0.25, 0.3) is 0 Å². The second-order valence-corrected chi connectivity index (χ2v) is 4.85. The number of ether oxygens (including phenoxy) is 1. The number of alkyl carbamates (subject to hydrolysis) is 1. The molecule has 2 aromatic carbocycles. The van der Waals surface area contributed by atoms with Gasteiger partial charge in [0, 0.05) is 0 Å². The Morgan fingerprint density at radius 2 is 1.67 bits per heavy atom. The highest BCUT2D eigenvalue weighted by atomic mass is 16.5. The van der Waals surface area contributed by atoms with Gasteiger partial charge in [-0.05, 0) is 18.1 Å². The first kappa shape index (κ1) is 15.1. The molecular weight excluding hydrogens is 266 g/mol. The van der Waals surface area contributed by atoms with E-state index in [1.165, 1.54) is 0 Å². The van der Waals surface area contributed by atoms with Crippen LogP contribution in [-0.4, -0.2) is 17.2 Å². The highest BCUT2D eigenvalue weighted by Gasteiger charge is 2.18. The van der Waals surface area contributed by atoms with E-state index < -0.39 is 18.2 Å². The van der Waals surface area contributed by atoms with Gasteiger partial charge in [0.2, 0.25) is 0 Å². The minimum atomic E-state index is -0.768. The first-order valence-corrected chi connectivity index (χ1v) is 6.87. The second-order valence-electron chi connectivity index (χ2n) is 4.85. The summed E-state index contributed by atoms with van der Waals surface area (Å²) >= 11 is 0. The quantitative estimate of drug-likeness (QED) is 0.887. The number of rotatable bonds is 5. The molecule has 0 heterocycles. The lowest BCUT2D eigenvalue weighted by atomic mass is 10.0. The molecule has 0 aliphatic rings. The summed E-state index contributed by atoms with van der Waals surface area (Å²) in [6, 6.07) is 18.2. The van der Waals surface area contributed by atoms with Crippen molar-refractivity contribution in [2.75, 3.05) is 0 Å². The average molecular weight is 285 g/mol. The van der Waals surface area contributed by atoms with Gasteiger partial charge >= 0.3 is 6.09 Å². The number of amides is 1.